The summed E-state index contributed by atoms with van der Waals surface area (Å²) >= 11 is 3.40. The van der Waals surface area contributed by atoms with Gasteiger partial charge in [-0.05, 0) is 30.7 Å². The van der Waals surface area contributed by atoms with Gasteiger partial charge in [-0.25, -0.2) is 0 Å². The molecule has 2 aromatic rings. The minimum Gasteiger partial charge on any atom is -0.467 e. The molecule has 0 bridgehead atoms. The Hall–Kier alpha value is -1.49. The molecule has 2 aromatic heterocycles. The van der Waals surface area contributed by atoms with Crippen LogP contribution < -0.4 is 0 Å². The van der Waals surface area contributed by atoms with Crippen LogP contribution in [-0.4, -0.2) is 15.6 Å². The molecule has 2 rings (SSSR count). The Morgan fingerprint density at radius 1 is 1.21 bits per heavy atom. The van der Waals surface area contributed by atoms with E-state index >= 15 is 0 Å². The van der Waals surface area contributed by atoms with E-state index in [9.17, 15) is 4.79 Å². The highest BCUT2D eigenvalue weighted by Gasteiger charge is 2.22. The zero-order valence-electron chi connectivity index (χ0n) is 10.7. The third kappa shape index (κ3) is 3.73. The Morgan fingerprint density at radius 2 is 1.74 bits per heavy atom. The third-order valence-corrected chi connectivity index (χ3v) is 3.83. The number of furan rings is 2. The van der Waals surface area contributed by atoms with E-state index in [1.165, 1.54) is 0 Å². The first-order valence-corrected chi connectivity index (χ1v) is 7.10. The normalized spacial score (nSPS) is 12.3. The molecule has 0 saturated heterocycles. The lowest BCUT2D eigenvalue weighted by atomic mass is 10.2. The van der Waals surface area contributed by atoms with Crippen molar-refractivity contribution >= 4 is 21.8 Å². The van der Waals surface area contributed by atoms with E-state index in [4.69, 9.17) is 8.83 Å². The molecule has 0 aliphatic rings. The predicted molar refractivity (Wildman–Crippen MR) is 74.7 cm³/mol. The van der Waals surface area contributed by atoms with Gasteiger partial charge in [0.2, 0.25) is 5.91 Å². The van der Waals surface area contributed by atoms with Crippen LogP contribution in [0.15, 0.2) is 45.6 Å². The molecular formula is C14H16BrNO3. The molecular weight excluding hydrogens is 310 g/mol. The smallest absolute Gasteiger partial charge is 0.237 e. The number of carbonyl (C=O) groups is 1. The number of nitrogens with zero attached hydrogens (tertiary/aromatic N) is 1. The van der Waals surface area contributed by atoms with E-state index in [1.807, 2.05) is 31.2 Å². The number of hydrogen-bond acceptors (Lipinski definition) is 3. The fourth-order valence-corrected chi connectivity index (χ4v) is 2.06. The molecule has 0 fully saturated rings. The van der Waals surface area contributed by atoms with Crippen LogP contribution in [0.3, 0.4) is 0 Å². The summed E-state index contributed by atoms with van der Waals surface area (Å²) in [5.41, 5.74) is 0. The molecule has 0 saturated carbocycles. The van der Waals surface area contributed by atoms with E-state index in [0.717, 1.165) is 17.9 Å². The Morgan fingerprint density at radius 3 is 2.11 bits per heavy atom. The van der Waals surface area contributed by atoms with Crippen molar-refractivity contribution in [3.63, 3.8) is 0 Å². The van der Waals surface area contributed by atoms with Gasteiger partial charge in [0.15, 0.2) is 0 Å². The van der Waals surface area contributed by atoms with Gasteiger partial charge in [0.1, 0.15) is 11.5 Å². The van der Waals surface area contributed by atoms with E-state index in [-0.39, 0.29) is 10.7 Å². The molecule has 0 aromatic carbocycles. The van der Waals surface area contributed by atoms with Crippen molar-refractivity contribution in [1.29, 1.82) is 0 Å². The van der Waals surface area contributed by atoms with E-state index in [2.05, 4.69) is 15.9 Å². The SMILES string of the molecule is CCC(Br)C(=O)N(Cc1ccco1)Cc1ccco1. The average Bonchev–Trinajstić information content (AvgIpc) is 3.09. The topological polar surface area (TPSA) is 46.6 Å². The maximum Gasteiger partial charge on any atom is 0.237 e. The summed E-state index contributed by atoms with van der Waals surface area (Å²) in [6.07, 6.45) is 3.96. The third-order valence-electron chi connectivity index (χ3n) is 2.79. The minimum atomic E-state index is -0.183. The average molecular weight is 326 g/mol. The zero-order chi connectivity index (χ0) is 13.7. The second kappa shape index (κ2) is 6.61. The predicted octanol–water partition coefficient (Wildman–Crippen LogP) is 3.57. The summed E-state index contributed by atoms with van der Waals surface area (Å²) in [6, 6.07) is 7.35. The molecule has 5 heteroatoms. The first-order valence-electron chi connectivity index (χ1n) is 6.18. The van der Waals surface area contributed by atoms with Gasteiger partial charge in [-0.2, -0.15) is 0 Å². The lowest BCUT2D eigenvalue weighted by molar-refractivity contribution is -0.132. The first-order chi connectivity index (χ1) is 9.20. The summed E-state index contributed by atoms with van der Waals surface area (Å²) in [7, 11) is 0. The fraction of sp³-hybridized carbons (Fsp3) is 0.357. The van der Waals surface area contributed by atoms with Crippen LogP contribution in [-0.2, 0) is 17.9 Å². The van der Waals surface area contributed by atoms with Crippen molar-refractivity contribution in [2.75, 3.05) is 0 Å². The second-order valence-electron chi connectivity index (χ2n) is 4.23. The Kier molecular flexibility index (Phi) is 4.85. The monoisotopic (exact) mass is 325 g/mol. The van der Waals surface area contributed by atoms with Gasteiger partial charge in [0.25, 0.3) is 0 Å². The summed E-state index contributed by atoms with van der Waals surface area (Å²) in [4.78, 5) is 13.9. The van der Waals surface area contributed by atoms with E-state index in [0.29, 0.717) is 13.1 Å². The summed E-state index contributed by atoms with van der Waals surface area (Å²) in [5, 5.41) is 0. The summed E-state index contributed by atoms with van der Waals surface area (Å²) < 4.78 is 10.6. The van der Waals surface area contributed by atoms with Crippen molar-refractivity contribution < 1.29 is 13.6 Å². The van der Waals surface area contributed by atoms with Crippen molar-refractivity contribution in [3.8, 4) is 0 Å². The van der Waals surface area contributed by atoms with Crippen LogP contribution in [0, 0.1) is 0 Å². The molecule has 1 atom stereocenters. The molecule has 0 radical (unpaired) electrons. The maximum atomic E-state index is 12.3. The van der Waals surface area contributed by atoms with Crippen LogP contribution >= 0.6 is 15.9 Å². The van der Waals surface area contributed by atoms with Gasteiger partial charge in [-0.1, -0.05) is 22.9 Å². The fourth-order valence-electron chi connectivity index (χ4n) is 1.77. The second-order valence-corrected chi connectivity index (χ2v) is 5.33. The Balaban J connectivity index is 2.10. The molecule has 2 heterocycles. The molecule has 1 amide bonds. The van der Waals surface area contributed by atoms with Crippen LogP contribution in [0.25, 0.3) is 0 Å². The van der Waals surface area contributed by atoms with Crippen molar-refractivity contribution in [3.05, 3.63) is 48.3 Å². The maximum absolute atomic E-state index is 12.3. The lowest BCUT2D eigenvalue weighted by Gasteiger charge is -2.22. The van der Waals surface area contributed by atoms with Crippen LogP contribution in [0.1, 0.15) is 24.9 Å². The molecule has 102 valence electrons. The number of carbonyl (C=O) groups excluding carboxylic acids is 1. The number of halogens is 1. The van der Waals surface area contributed by atoms with Crippen LogP contribution in [0.5, 0.6) is 0 Å². The Labute approximate surface area is 120 Å². The highest BCUT2D eigenvalue weighted by atomic mass is 79.9. The number of rotatable bonds is 6. The van der Waals surface area contributed by atoms with Gasteiger partial charge < -0.3 is 13.7 Å². The zero-order valence-corrected chi connectivity index (χ0v) is 12.3. The molecule has 4 nitrogen and oxygen atoms in total. The standard InChI is InChI=1S/C14H16BrNO3/c1-2-13(15)14(17)16(9-11-5-3-7-18-11)10-12-6-4-8-19-12/h3-8,13H,2,9-10H2,1H3. The number of amides is 1. The molecule has 0 spiro atoms. The molecule has 0 aliphatic heterocycles. The van der Waals surface area contributed by atoms with E-state index < -0.39 is 0 Å². The van der Waals surface area contributed by atoms with Crippen molar-refractivity contribution in [1.82, 2.24) is 4.90 Å². The highest BCUT2D eigenvalue weighted by molar-refractivity contribution is 9.10. The largest absolute Gasteiger partial charge is 0.467 e. The number of alkyl halides is 1. The molecule has 1 unspecified atom stereocenters. The molecule has 19 heavy (non-hydrogen) atoms. The van der Waals surface area contributed by atoms with Crippen molar-refractivity contribution in [2.45, 2.75) is 31.3 Å². The first kappa shape index (κ1) is 13.9. The van der Waals surface area contributed by atoms with Gasteiger partial charge >= 0.3 is 0 Å². The van der Waals surface area contributed by atoms with Crippen molar-refractivity contribution in [2.24, 2.45) is 0 Å². The molecule has 0 N–H and O–H groups in total. The van der Waals surface area contributed by atoms with E-state index in [1.54, 1.807) is 17.4 Å². The van der Waals surface area contributed by atoms with Gasteiger partial charge in [0, 0.05) is 0 Å². The molecule has 0 aliphatic carbocycles. The Bertz CT molecular complexity index is 457. The van der Waals surface area contributed by atoms with Crippen LogP contribution in [0.4, 0.5) is 0 Å². The van der Waals surface area contributed by atoms with Crippen LogP contribution in [0.2, 0.25) is 0 Å². The van der Waals surface area contributed by atoms with Gasteiger partial charge in [-0.15, -0.1) is 0 Å². The number of hydrogen-bond donors (Lipinski definition) is 0. The highest BCUT2D eigenvalue weighted by Crippen LogP contribution is 2.16. The van der Waals surface area contributed by atoms with Gasteiger partial charge in [0.05, 0.1) is 30.4 Å². The minimum absolute atomic E-state index is 0.0373. The summed E-state index contributed by atoms with van der Waals surface area (Å²) in [5.74, 6) is 1.56. The summed E-state index contributed by atoms with van der Waals surface area (Å²) in [6.45, 7) is 2.85. The lowest BCUT2D eigenvalue weighted by Crippen LogP contribution is -2.35. The quantitative estimate of drug-likeness (QED) is 0.763. The van der Waals surface area contributed by atoms with Gasteiger partial charge in [-0.3, -0.25) is 4.79 Å².